The molecule has 0 radical (unpaired) electrons. The zero-order valence-electron chi connectivity index (χ0n) is 18.0. The number of hydrogen-bond donors (Lipinski definition) is 1. The molecule has 0 bridgehead atoms. The first kappa shape index (κ1) is 20.9. The maximum atomic E-state index is 13.4. The van der Waals surface area contributed by atoms with Gasteiger partial charge in [-0.3, -0.25) is 14.2 Å². The van der Waals surface area contributed by atoms with Crippen LogP contribution < -0.4 is 10.9 Å². The van der Waals surface area contributed by atoms with Crippen molar-refractivity contribution in [1.82, 2.24) is 19.2 Å². The number of amides is 1. The molecule has 1 amide bonds. The van der Waals surface area contributed by atoms with E-state index in [1.807, 2.05) is 62.4 Å². The zero-order valence-corrected chi connectivity index (χ0v) is 18.8. The number of fused-ring (bicyclic) bond motifs is 3. The standard InChI is InChI=1S/C25H20ClN5O2/c1-15-4-3-5-19(12-15)27-24(32)22-28-23-25(33)30(14-17-7-9-18(26)10-8-17)21-13-16(2)6-11-20(21)31(23)29-22/h3-13H,14H2,1-2H3,(H,27,32). The van der Waals surface area contributed by atoms with Crippen molar-refractivity contribution in [2.75, 3.05) is 5.32 Å². The Bertz CT molecular complexity index is 1590. The van der Waals surface area contributed by atoms with Crippen LogP contribution >= 0.6 is 11.6 Å². The van der Waals surface area contributed by atoms with Crippen LogP contribution in [-0.4, -0.2) is 25.1 Å². The minimum atomic E-state index is -0.479. The molecule has 0 aliphatic rings. The number of aromatic nitrogens is 4. The van der Waals surface area contributed by atoms with E-state index in [1.54, 1.807) is 22.8 Å². The second-order valence-corrected chi connectivity index (χ2v) is 8.44. The molecule has 5 rings (SSSR count). The molecule has 33 heavy (non-hydrogen) atoms. The molecule has 0 aliphatic heterocycles. The number of nitrogens with one attached hydrogen (secondary N) is 1. The molecule has 8 heteroatoms. The van der Waals surface area contributed by atoms with Crippen molar-refractivity contribution in [2.45, 2.75) is 20.4 Å². The van der Waals surface area contributed by atoms with Crippen LogP contribution in [0.4, 0.5) is 5.69 Å². The lowest BCUT2D eigenvalue weighted by Gasteiger charge is -2.12. The number of anilines is 1. The normalized spacial score (nSPS) is 11.2. The van der Waals surface area contributed by atoms with E-state index in [4.69, 9.17) is 11.6 Å². The molecular formula is C25H20ClN5O2. The molecule has 0 unspecified atom stereocenters. The maximum absolute atomic E-state index is 13.4. The molecule has 0 atom stereocenters. The summed E-state index contributed by atoms with van der Waals surface area (Å²) >= 11 is 6.01. The molecule has 2 heterocycles. The lowest BCUT2D eigenvalue weighted by Crippen LogP contribution is -2.24. The molecule has 3 aromatic carbocycles. The van der Waals surface area contributed by atoms with Crippen molar-refractivity contribution in [3.8, 4) is 0 Å². The molecule has 1 N–H and O–H groups in total. The minimum Gasteiger partial charge on any atom is -0.319 e. The molecule has 0 spiro atoms. The van der Waals surface area contributed by atoms with E-state index in [1.165, 1.54) is 4.52 Å². The highest BCUT2D eigenvalue weighted by Gasteiger charge is 2.19. The van der Waals surface area contributed by atoms with E-state index < -0.39 is 5.91 Å². The summed E-state index contributed by atoms with van der Waals surface area (Å²) in [6.45, 7) is 4.24. The van der Waals surface area contributed by atoms with Gasteiger partial charge in [-0.15, -0.1) is 5.10 Å². The van der Waals surface area contributed by atoms with Crippen molar-refractivity contribution < 1.29 is 4.79 Å². The molecule has 0 aliphatic carbocycles. The van der Waals surface area contributed by atoms with Gasteiger partial charge in [0.1, 0.15) is 0 Å². The summed E-state index contributed by atoms with van der Waals surface area (Å²) in [7, 11) is 0. The number of aryl methyl sites for hydroxylation is 2. The molecule has 0 saturated heterocycles. The number of nitrogens with zero attached hydrogens (tertiary/aromatic N) is 4. The third-order valence-electron chi connectivity index (χ3n) is 5.43. The number of benzene rings is 3. The highest BCUT2D eigenvalue weighted by molar-refractivity contribution is 6.30. The van der Waals surface area contributed by atoms with Crippen LogP contribution in [0.1, 0.15) is 27.3 Å². The van der Waals surface area contributed by atoms with Crippen molar-refractivity contribution in [3.63, 3.8) is 0 Å². The van der Waals surface area contributed by atoms with Gasteiger partial charge in [-0.2, -0.15) is 4.98 Å². The van der Waals surface area contributed by atoms with E-state index in [2.05, 4.69) is 15.4 Å². The Morgan fingerprint density at radius 3 is 2.48 bits per heavy atom. The van der Waals surface area contributed by atoms with E-state index in [9.17, 15) is 9.59 Å². The van der Waals surface area contributed by atoms with Crippen LogP contribution in [0.2, 0.25) is 5.02 Å². The lowest BCUT2D eigenvalue weighted by molar-refractivity contribution is 0.101. The number of hydrogen-bond acceptors (Lipinski definition) is 4. The zero-order chi connectivity index (χ0) is 23.1. The van der Waals surface area contributed by atoms with E-state index in [0.29, 0.717) is 28.3 Å². The number of carbonyl (C=O) groups excluding carboxylic acids is 1. The van der Waals surface area contributed by atoms with Crippen LogP contribution in [0, 0.1) is 13.8 Å². The number of rotatable bonds is 4. The average Bonchev–Trinajstić information content (AvgIpc) is 3.24. The van der Waals surface area contributed by atoms with Gasteiger partial charge in [0, 0.05) is 10.7 Å². The first-order valence-electron chi connectivity index (χ1n) is 10.4. The predicted molar refractivity (Wildman–Crippen MR) is 129 cm³/mol. The summed E-state index contributed by atoms with van der Waals surface area (Å²) in [5.41, 5.74) is 4.74. The smallest absolute Gasteiger partial charge is 0.296 e. The van der Waals surface area contributed by atoms with Gasteiger partial charge in [0.15, 0.2) is 0 Å². The van der Waals surface area contributed by atoms with Crippen molar-refractivity contribution in [1.29, 1.82) is 0 Å². The summed E-state index contributed by atoms with van der Waals surface area (Å²) in [4.78, 5) is 30.6. The molecular weight excluding hydrogens is 438 g/mol. The largest absolute Gasteiger partial charge is 0.319 e. The summed E-state index contributed by atoms with van der Waals surface area (Å²) < 4.78 is 3.10. The van der Waals surface area contributed by atoms with Crippen LogP contribution in [-0.2, 0) is 6.54 Å². The molecule has 0 saturated carbocycles. The summed E-state index contributed by atoms with van der Waals surface area (Å²) in [5, 5.41) is 7.80. The summed E-state index contributed by atoms with van der Waals surface area (Å²) in [6, 6.07) is 20.5. The second kappa shape index (κ2) is 8.18. The highest BCUT2D eigenvalue weighted by Crippen LogP contribution is 2.19. The number of halogens is 1. The third kappa shape index (κ3) is 3.99. The Morgan fingerprint density at radius 1 is 0.970 bits per heavy atom. The van der Waals surface area contributed by atoms with Crippen molar-refractivity contribution in [2.24, 2.45) is 0 Å². The van der Waals surface area contributed by atoms with Crippen molar-refractivity contribution in [3.05, 3.63) is 105 Å². The quantitative estimate of drug-likeness (QED) is 0.427. The van der Waals surface area contributed by atoms with Crippen LogP contribution in [0.3, 0.4) is 0 Å². The van der Waals surface area contributed by atoms with Gasteiger partial charge in [-0.05, 0) is 66.9 Å². The van der Waals surface area contributed by atoms with Crippen molar-refractivity contribution >= 4 is 39.9 Å². The second-order valence-electron chi connectivity index (χ2n) is 8.00. The Morgan fingerprint density at radius 2 is 1.73 bits per heavy atom. The molecule has 5 aromatic rings. The number of carbonyl (C=O) groups is 1. The van der Waals surface area contributed by atoms with Gasteiger partial charge in [0.2, 0.25) is 11.5 Å². The molecule has 7 nitrogen and oxygen atoms in total. The fourth-order valence-electron chi connectivity index (χ4n) is 3.81. The molecule has 164 valence electrons. The fraction of sp³-hybridized carbons (Fsp3) is 0.120. The van der Waals surface area contributed by atoms with Gasteiger partial charge in [0.05, 0.1) is 17.6 Å². The Labute approximate surface area is 194 Å². The lowest BCUT2D eigenvalue weighted by atomic mass is 10.2. The van der Waals surface area contributed by atoms with Gasteiger partial charge < -0.3 is 5.32 Å². The highest BCUT2D eigenvalue weighted by atomic mass is 35.5. The minimum absolute atomic E-state index is 0.0697. The fourth-order valence-corrected chi connectivity index (χ4v) is 3.94. The topological polar surface area (TPSA) is 81.3 Å². The van der Waals surface area contributed by atoms with E-state index >= 15 is 0 Å². The SMILES string of the molecule is Cc1cccc(NC(=O)c2nc3c(=O)n(Cc4ccc(Cl)cc4)c4cc(C)ccc4n3n2)c1. The monoisotopic (exact) mass is 457 g/mol. The molecule has 0 fully saturated rings. The Kier molecular flexibility index (Phi) is 5.18. The molecule has 2 aromatic heterocycles. The van der Waals surface area contributed by atoms with Gasteiger partial charge in [-0.1, -0.05) is 41.9 Å². The van der Waals surface area contributed by atoms with Gasteiger partial charge in [0.25, 0.3) is 11.5 Å². The van der Waals surface area contributed by atoms with Crippen LogP contribution in [0.5, 0.6) is 0 Å². The first-order valence-corrected chi connectivity index (χ1v) is 10.8. The Balaban J connectivity index is 1.64. The van der Waals surface area contributed by atoms with Gasteiger partial charge >= 0.3 is 0 Å². The van der Waals surface area contributed by atoms with E-state index in [-0.39, 0.29) is 17.0 Å². The summed E-state index contributed by atoms with van der Waals surface area (Å²) in [6.07, 6.45) is 0. The van der Waals surface area contributed by atoms with Crippen LogP contribution in [0.15, 0.2) is 71.5 Å². The maximum Gasteiger partial charge on any atom is 0.296 e. The Hall–Kier alpha value is -3.97. The average molecular weight is 458 g/mol. The summed E-state index contributed by atoms with van der Waals surface area (Å²) in [5.74, 6) is -0.548. The predicted octanol–water partition coefficient (Wildman–Crippen LogP) is 4.62. The van der Waals surface area contributed by atoms with E-state index in [0.717, 1.165) is 16.7 Å². The van der Waals surface area contributed by atoms with Gasteiger partial charge in [-0.25, -0.2) is 4.52 Å². The third-order valence-corrected chi connectivity index (χ3v) is 5.68. The first-order chi connectivity index (χ1) is 15.9. The van der Waals surface area contributed by atoms with Crippen LogP contribution in [0.25, 0.3) is 16.7 Å².